The molecule has 0 aliphatic carbocycles. The van der Waals surface area contributed by atoms with Crippen LogP contribution in [0.25, 0.3) is 0 Å². The second-order valence-electron chi connectivity index (χ2n) is 4.89. The van der Waals surface area contributed by atoms with Crippen molar-refractivity contribution in [2.75, 3.05) is 6.61 Å². The summed E-state index contributed by atoms with van der Waals surface area (Å²) >= 11 is 0. The van der Waals surface area contributed by atoms with E-state index < -0.39 is 0 Å². The third-order valence-corrected chi connectivity index (χ3v) is 3.79. The van der Waals surface area contributed by atoms with Crippen molar-refractivity contribution >= 4 is 6.09 Å². The van der Waals surface area contributed by atoms with Crippen LogP contribution >= 0.6 is 0 Å². The van der Waals surface area contributed by atoms with Crippen LogP contribution in [0.2, 0.25) is 0 Å². The largest absolute Gasteiger partial charge is 0.447 e. The van der Waals surface area contributed by atoms with E-state index in [2.05, 4.69) is 43.0 Å². The Kier molecular flexibility index (Phi) is 3.13. The fourth-order valence-corrected chi connectivity index (χ4v) is 2.41. The number of carbonyl (C=O) groups excluding carboxylic acids is 1. The van der Waals surface area contributed by atoms with E-state index in [1.807, 2.05) is 0 Å². The van der Waals surface area contributed by atoms with Gasteiger partial charge in [0.25, 0.3) is 0 Å². The quantitative estimate of drug-likeness (QED) is 0.870. The van der Waals surface area contributed by atoms with Crippen molar-refractivity contribution in [1.29, 1.82) is 0 Å². The average Bonchev–Trinajstić information content (AvgIpc) is 2.83. The van der Waals surface area contributed by atoms with Gasteiger partial charge in [-0.15, -0.1) is 0 Å². The molecule has 0 saturated carbocycles. The Morgan fingerprint density at radius 2 is 2.35 bits per heavy atom. The van der Waals surface area contributed by atoms with Crippen molar-refractivity contribution in [2.45, 2.75) is 38.6 Å². The van der Waals surface area contributed by atoms with Gasteiger partial charge in [-0.2, -0.15) is 0 Å². The number of rotatable bonds is 4. The summed E-state index contributed by atoms with van der Waals surface area (Å²) in [5.74, 6) is 0. The first-order chi connectivity index (χ1) is 8.06. The molecule has 1 aliphatic rings. The highest BCUT2D eigenvalue weighted by molar-refractivity contribution is 5.70. The topological polar surface area (TPSA) is 43.3 Å². The van der Waals surface area contributed by atoms with Gasteiger partial charge in [0.15, 0.2) is 0 Å². The van der Waals surface area contributed by atoms with E-state index in [1.54, 1.807) is 0 Å². The lowest BCUT2D eigenvalue weighted by Crippen LogP contribution is -2.43. The Labute approximate surface area is 102 Å². The fourth-order valence-electron chi connectivity index (χ4n) is 2.41. The molecule has 4 nitrogen and oxygen atoms in total. The third-order valence-electron chi connectivity index (χ3n) is 3.79. The minimum Gasteiger partial charge on any atom is -0.447 e. The van der Waals surface area contributed by atoms with Crippen LogP contribution in [0.4, 0.5) is 4.79 Å². The first-order valence-corrected chi connectivity index (χ1v) is 6.12. The normalized spacial score (nSPS) is 23.6. The van der Waals surface area contributed by atoms with Gasteiger partial charge in [-0.3, -0.25) is 0 Å². The van der Waals surface area contributed by atoms with Gasteiger partial charge < -0.3 is 14.6 Å². The molecule has 2 heterocycles. The zero-order valence-corrected chi connectivity index (χ0v) is 10.7. The molecule has 1 aliphatic heterocycles. The molecule has 1 fully saturated rings. The molecule has 0 radical (unpaired) electrons. The molecule has 4 heteroatoms. The monoisotopic (exact) mass is 236 g/mol. The van der Waals surface area contributed by atoms with Crippen LogP contribution in [0.5, 0.6) is 0 Å². The van der Waals surface area contributed by atoms with E-state index in [9.17, 15) is 4.79 Å². The van der Waals surface area contributed by atoms with Gasteiger partial charge in [0.2, 0.25) is 0 Å². The predicted molar refractivity (Wildman–Crippen MR) is 66.0 cm³/mol. The molecule has 2 rings (SSSR count). The summed E-state index contributed by atoms with van der Waals surface area (Å²) in [6, 6.07) is 2.12. The van der Waals surface area contributed by atoms with Crippen LogP contribution in [0, 0.1) is 6.92 Å². The Morgan fingerprint density at radius 3 is 2.82 bits per heavy atom. The van der Waals surface area contributed by atoms with Crippen LogP contribution < -0.4 is 5.32 Å². The first kappa shape index (κ1) is 12.0. The van der Waals surface area contributed by atoms with E-state index in [0.717, 1.165) is 19.3 Å². The van der Waals surface area contributed by atoms with Gasteiger partial charge >= 0.3 is 6.09 Å². The smallest absolute Gasteiger partial charge is 0.407 e. The van der Waals surface area contributed by atoms with E-state index in [4.69, 9.17) is 4.74 Å². The summed E-state index contributed by atoms with van der Waals surface area (Å²) in [5.41, 5.74) is 2.47. The molecule has 1 N–H and O–H groups in total. The maximum atomic E-state index is 11.2. The van der Waals surface area contributed by atoms with E-state index in [1.165, 1.54) is 11.3 Å². The number of amides is 1. The Morgan fingerprint density at radius 1 is 1.59 bits per heavy atom. The molecule has 1 amide bonds. The summed E-state index contributed by atoms with van der Waals surface area (Å²) < 4.78 is 7.18. The van der Waals surface area contributed by atoms with Gasteiger partial charge in [-0.05, 0) is 37.8 Å². The Bertz CT molecular complexity index is 406. The highest BCUT2D eigenvalue weighted by Gasteiger charge is 2.37. The van der Waals surface area contributed by atoms with Gasteiger partial charge in [0, 0.05) is 18.9 Å². The zero-order chi connectivity index (χ0) is 12.5. The van der Waals surface area contributed by atoms with Gasteiger partial charge in [0.05, 0.1) is 5.54 Å². The van der Waals surface area contributed by atoms with Crippen molar-refractivity contribution in [1.82, 2.24) is 9.88 Å². The molecule has 0 aromatic carbocycles. The van der Waals surface area contributed by atoms with Gasteiger partial charge in [-0.1, -0.05) is 6.92 Å². The number of aromatic nitrogens is 1. The molecule has 1 atom stereocenters. The highest BCUT2D eigenvalue weighted by Crippen LogP contribution is 2.24. The SMILES string of the molecule is CC[C@@]1(CCc2c(C)ccn2C)COC(=O)N1. The summed E-state index contributed by atoms with van der Waals surface area (Å²) in [6.45, 7) is 4.70. The lowest BCUT2D eigenvalue weighted by atomic mass is 9.91. The van der Waals surface area contributed by atoms with Crippen molar-refractivity contribution < 1.29 is 9.53 Å². The van der Waals surface area contributed by atoms with Gasteiger partial charge in [-0.25, -0.2) is 4.79 Å². The summed E-state index contributed by atoms with van der Waals surface area (Å²) in [5, 5.41) is 2.95. The van der Waals surface area contributed by atoms with E-state index >= 15 is 0 Å². The molecular weight excluding hydrogens is 216 g/mol. The van der Waals surface area contributed by atoms with E-state index in [-0.39, 0.29) is 11.6 Å². The molecule has 17 heavy (non-hydrogen) atoms. The number of carbonyl (C=O) groups is 1. The van der Waals surface area contributed by atoms with Crippen LogP contribution in [0.3, 0.4) is 0 Å². The van der Waals surface area contributed by atoms with Crippen molar-refractivity contribution in [2.24, 2.45) is 7.05 Å². The lowest BCUT2D eigenvalue weighted by molar-refractivity contribution is 0.170. The number of hydrogen-bond donors (Lipinski definition) is 1. The maximum absolute atomic E-state index is 11.2. The minimum atomic E-state index is -0.282. The number of alkyl carbamates (subject to hydrolysis) is 1. The van der Waals surface area contributed by atoms with Crippen LogP contribution in [0.15, 0.2) is 12.3 Å². The van der Waals surface area contributed by atoms with Crippen LogP contribution in [0.1, 0.15) is 31.0 Å². The second kappa shape index (κ2) is 4.43. The predicted octanol–water partition coefficient (Wildman–Crippen LogP) is 2.15. The molecule has 0 unspecified atom stereocenters. The molecular formula is C13H20N2O2. The van der Waals surface area contributed by atoms with Crippen molar-refractivity contribution in [3.63, 3.8) is 0 Å². The first-order valence-electron chi connectivity index (χ1n) is 6.12. The number of nitrogens with zero attached hydrogens (tertiary/aromatic N) is 1. The zero-order valence-electron chi connectivity index (χ0n) is 10.7. The number of cyclic esters (lactones) is 1. The van der Waals surface area contributed by atoms with Gasteiger partial charge in [0.1, 0.15) is 6.61 Å². The van der Waals surface area contributed by atoms with Crippen molar-refractivity contribution in [3.8, 4) is 0 Å². The van der Waals surface area contributed by atoms with Crippen molar-refractivity contribution in [3.05, 3.63) is 23.5 Å². The number of ether oxygens (including phenoxy) is 1. The van der Waals surface area contributed by atoms with Crippen LogP contribution in [-0.4, -0.2) is 22.8 Å². The Balaban J connectivity index is 2.04. The number of hydrogen-bond acceptors (Lipinski definition) is 2. The molecule has 1 aromatic heterocycles. The summed E-state index contributed by atoms with van der Waals surface area (Å²) in [4.78, 5) is 11.2. The average molecular weight is 236 g/mol. The third kappa shape index (κ3) is 2.30. The number of nitrogens with one attached hydrogen (secondary N) is 1. The summed E-state index contributed by atoms with van der Waals surface area (Å²) in [6.07, 6.45) is 4.59. The highest BCUT2D eigenvalue weighted by atomic mass is 16.6. The maximum Gasteiger partial charge on any atom is 0.407 e. The summed E-state index contributed by atoms with van der Waals surface area (Å²) in [7, 11) is 2.06. The lowest BCUT2D eigenvalue weighted by Gasteiger charge is -2.25. The Hall–Kier alpha value is -1.45. The second-order valence-corrected chi connectivity index (χ2v) is 4.89. The van der Waals surface area contributed by atoms with E-state index in [0.29, 0.717) is 6.61 Å². The molecule has 0 spiro atoms. The fraction of sp³-hybridized carbons (Fsp3) is 0.615. The molecule has 1 aromatic rings. The standard InChI is InChI=1S/C13H20N2O2/c1-4-13(9-17-12(16)14-13)7-5-11-10(2)6-8-15(11)3/h6,8H,4-5,7,9H2,1-3H3,(H,14,16)/t13-/m1/s1. The minimum absolute atomic E-state index is 0.173. The molecule has 1 saturated heterocycles. The van der Waals surface area contributed by atoms with Crippen LogP contribution in [-0.2, 0) is 18.2 Å². The number of aryl methyl sites for hydroxylation is 2. The molecule has 94 valence electrons. The molecule has 0 bridgehead atoms.